The number of fused-ring (bicyclic) bond motifs is 1. The molecule has 0 N–H and O–H groups in total. The van der Waals surface area contributed by atoms with Crippen LogP contribution in [0.15, 0.2) is 21.7 Å². The van der Waals surface area contributed by atoms with Crippen LogP contribution in [0.25, 0.3) is 11.0 Å². The summed E-state index contributed by atoms with van der Waals surface area (Å²) in [6.07, 6.45) is -0.0930. The van der Waals surface area contributed by atoms with Gasteiger partial charge in [0.1, 0.15) is 11.3 Å². The molecule has 1 amide bonds. The molecule has 0 aromatic carbocycles. The van der Waals surface area contributed by atoms with Gasteiger partial charge in [0.05, 0.1) is 17.6 Å². The minimum atomic E-state index is -0.474. The van der Waals surface area contributed by atoms with Gasteiger partial charge in [0.15, 0.2) is 0 Å². The number of carbonyl (C=O) groups is 1. The third kappa shape index (κ3) is 2.62. The number of morpholine rings is 1. The minimum Gasteiger partial charge on any atom is -0.372 e. The molecular weight excluding hydrogens is 312 g/mol. The zero-order valence-corrected chi connectivity index (χ0v) is 14.1. The van der Waals surface area contributed by atoms with E-state index in [0.29, 0.717) is 18.5 Å². The Morgan fingerprint density at radius 3 is 2.38 bits per heavy atom. The molecule has 8 nitrogen and oxygen atoms in total. The number of aryl methyl sites for hydroxylation is 1. The smallest absolute Gasteiger partial charge is 0.332 e. The highest BCUT2D eigenvalue weighted by Crippen LogP contribution is 2.15. The van der Waals surface area contributed by atoms with Gasteiger partial charge in [-0.15, -0.1) is 0 Å². The molecule has 1 aliphatic heterocycles. The lowest BCUT2D eigenvalue weighted by atomic mass is 10.2. The van der Waals surface area contributed by atoms with Crippen LogP contribution in [-0.2, 0) is 18.8 Å². The Labute approximate surface area is 138 Å². The summed E-state index contributed by atoms with van der Waals surface area (Å²) in [4.78, 5) is 42.9. The highest BCUT2D eigenvalue weighted by Gasteiger charge is 2.27. The van der Waals surface area contributed by atoms with Crippen molar-refractivity contribution < 1.29 is 9.53 Å². The summed E-state index contributed by atoms with van der Waals surface area (Å²) in [6, 6.07) is 3.08. The number of amides is 1. The summed E-state index contributed by atoms with van der Waals surface area (Å²) < 4.78 is 7.93. The number of hydrogen-bond acceptors (Lipinski definition) is 5. The number of carbonyl (C=O) groups excluding carboxylic acids is 1. The van der Waals surface area contributed by atoms with E-state index in [-0.39, 0.29) is 29.5 Å². The Hall–Kier alpha value is -2.48. The van der Waals surface area contributed by atoms with Gasteiger partial charge in [0.2, 0.25) is 0 Å². The molecule has 24 heavy (non-hydrogen) atoms. The summed E-state index contributed by atoms with van der Waals surface area (Å²) in [7, 11) is 2.95. The molecule has 3 rings (SSSR count). The molecule has 0 unspecified atom stereocenters. The third-order valence-corrected chi connectivity index (χ3v) is 4.23. The van der Waals surface area contributed by atoms with Crippen LogP contribution in [0.1, 0.15) is 24.3 Å². The quantitative estimate of drug-likeness (QED) is 0.727. The summed E-state index contributed by atoms with van der Waals surface area (Å²) in [5.41, 5.74) is -0.471. The van der Waals surface area contributed by atoms with Gasteiger partial charge in [-0.25, -0.2) is 9.78 Å². The first-order valence-corrected chi connectivity index (χ1v) is 7.81. The zero-order valence-electron chi connectivity index (χ0n) is 14.1. The average molecular weight is 332 g/mol. The molecule has 0 aliphatic carbocycles. The first kappa shape index (κ1) is 16.4. The Morgan fingerprint density at radius 2 is 1.75 bits per heavy atom. The largest absolute Gasteiger partial charge is 0.372 e. The topological polar surface area (TPSA) is 86.4 Å². The Morgan fingerprint density at radius 1 is 1.12 bits per heavy atom. The van der Waals surface area contributed by atoms with Gasteiger partial charge in [-0.3, -0.25) is 18.7 Å². The standard InChI is InChI=1S/C16H20N4O4/c1-9-7-20(8-10(2)24-9)15(22)12-6-5-11-13(17-12)18(3)16(23)19(4)14(11)21/h5-6,9-10H,7-8H2,1-4H3/t9-,10-/m0/s1. The van der Waals surface area contributed by atoms with Crippen LogP contribution in [0, 0.1) is 0 Å². The zero-order chi connectivity index (χ0) is 17.6. The number of aromatic nitrogens is 3. The van der Waals surface area contributed by atoms with E-state index in [0.717, 1.165) is 4.57 Å². The number of nitrogens with zero attached hydrogens (tertiary/aromatic N) is 4. The van der Waals surface area contributed by atoms with Gasteiger partial charge in [0.25, 0.3) is 11.5 Å². The molecule has 3 heterocycles. The van der Waals surface area contributed by atoms with Crippen LogP contribution >= 0.6 is 0 Å². The molecule has 1 fully saturated rings. The first-order valence-electron chi connectivity index (χ1n) is 7.81. The van der Waals surface area contributed by atoms with E-state index >= 15 is 0 Å². The summed E-state index contributed by atoms with van der Waals surface area (Å²) in [5.74, 6) is -0.230. The molecule has 1 saturated heterocycles. The van der Waals surface area contributed by atoms with Crippen molar-refractivity contribution in [2.75, 3.05) is 13.1 Å². The van der Waals surface area contributed by atoms with E-state index < -0.39 is 11.2 Å². The van der Waals surface area contributed by atoms with Crippen molar-refractivity contribution in [3.8, 4) is 0 Å². The Bertz CT molecular complexity index is 920. The van der Waals surface area contributed by atoms with Crippen LogP contribution in [0.3, 0.4) is 0 Å². The lowest BCUT2D eigenvalue weighted by Gasteiger charge is -2.35. The lowest BCUT2D eigenvalue weighted by molar-refractivity contribution is -0.0587. The van der Waals surface area contributed by atoms with Gasteiger partial charge in [-0.1, -0.05) is 0 Å². The van der Waals surface area contributed by atoms with E-state index in [9.17, 15) is 14.4 Å². The maximum absolute atomic E-state index is 12.7. The van der Waals surface area contributed by atoms with Crippen LogP contribution < -0.4 is 11.2 Å². The average Bonchev–Trinajstić information content (AvgIpc) is 2.56. The molecule has 0 spiro atoms. The summed E-state index contributed by atoms with van der Waals surface area (Å²) in [5, 5.41) is 0.305. The number of hydrogen-bond donors (Lipinski definition) is 0. The molecular formula is C16H20N4O4. The molecule has 2 atom stereocenters. The normalized spacial score (nSPS) is 21.2. The van der Waals surface area contributed by atoms with E-state index in [1.807, 2.05) is 13.8 Å². The SMILES string of the molecule is C[C@H]1CN(C(=O)c2ccc3c(=O)n(C)c(=O)n(C)c3n2)C[C@H](C)O1. The predicted octanol–water partition coefficient (Wildman–Crippen LogP) is -0.118. The molecule has 2 aromatic heterocycles. The fraction of sp³-hybridized carbons (Fsp3) is 0.500. The predicted molar refractivity (Wildman–Crippen MR) is 88.1 cm³/mol. The molecule has 1 aliphatic rings. The highest BCUT2D eigenvalue weighted by atomic mass is 16.5. The van der Waals surface area contributed by atoms with E-state index in [1.165, 1.54) is 24.7 Å². The number of ether oxygens (including phenoxy) is 1. The minimum absolute atomic E-state index is 0.0465. The fourth-order valence-corrected chi connectivity index (χ4v) is 3.08. The van der Waals surface area contributed by atoms with Crippen LogP contribution in [-0.4, -0.2) is 50.2 Å². The Kier molecular flexibility index (Phi) is 4.00. The van der Waals surface area contributed by atoms with Crippen LogP contribution in [0.4, 0.5) is 0 Å². The van der Waals surface area contributed by atoms with Gasteiger partial charge in [-0.2, -0.15) is 0 Å². The van der Waals surface area contributed by atoms with Crippen molar-refractivity contribution >= 4 is 16.9 Å². The molecule has 128 valence electrons. The molecule has 8 heteroatoms. The maximum atomic E-state index is 12.7. The van der Waals surface area contributed by atoms with Crippen molar-refractivity contribution in [1.82, 2.24) is 19.0 Å². The number of pyridine rings is 1. The van der Waals surface area contributed by atoms with Crippen molar-refractivity contribution in [3.05, 3.63) is 38.7 Å². The molecule has 0 saturated carbocycles. The van der Waals surface area contributed by atoms with Crippen molar-refractivity contribution in [1.29, 1.82) is 0 Å². The monoisotopic (exact) mass is 332 g/mol. The summed E-state index contributed by atoms with van der Waals surface area (Å²) in [6.45, 7) is 4.80. The number of rotatable bonds is 1. The van der Waals surface area contributed by atoms with E-state index in [1.54, 1.807) is 11.0 Å². The van der Waals surface area contributed by atoms with Crippen LogP contribution in [0.5, 0.6) is 0 Å². The van der Waals surface area contributed by atoms with Crippen molar-refractivity contribution in [2.45, 2.75) is 26.1 Å². The summed E-state index contributed by atoms with van der Waals surface area (Å²) >= 11 is 0. The molecule has 2 aromatic rings. The second kappa shape index (κ2) is 5.86. The Balaban J connectivity index is 2.07. The molecule has 0 bridgehead atoms. The second-order valence-electron chi connectivity index (χ2n) is 6.24. The van der Waals surface area contributed by atoms with Gasteiger partial charge in [0, 0.05) is 27.2 Å². The fourth-order valence-electron chi connectivity index (χ4n) is 3.08. The van der Waals surface area contributed by atoms with Crippen molar-refractivity contribution in [2.24, 2.45) is 14.1 Å². The lowest BCUT2D eigenvalue weighted by Crippen LogP contribution is -2.48. The van der Waals surface area contributed by atoms with Gasteiger partial charge in [-0.05, 0) is 26.0 Å². The highest BCUT2D eigenvalue weighted by molar-refractivity contribution is 5.94. The van der Waals surface area contributed by atoms with Crippen LogP contribution in [0.2, 0.25) is 0 Å². The third-order valence-electron chi connectivity index (χ3n) is 4.23. The molecule has 0 radical (unpaired) electrons. The first-order chi connectivity index (χ1) is 11.3. The maximum Gasteiger partial charge on any atom is 0.332 e. The van der Waals surface area contributed by atoms with E-state index in [2.05, 4.69) is 4.98 Å². The van der Waals surface area contributed by atoms with Gasteiger partial charge >= 0.3 is 5.69 Å². The second-order valence-corrected chi connectivity index (χ2v) is 6.24. The van der Waals surface area contributed by atoms with Crippen molar-refractivity contribution in [3.63, 3.8) is 0 Å². The van der Waals surface area contributed by atoms with E-state index in [4.69, 9.17) is 4.74 Å². The van der Waals surface area contributed by atoms with Gasteiger partial charge < -0.3 is 9.64 Å².